The Labute approximate surface area is 191 Å². The number of rotatable bonds is 9. The number of amides is 1. The van der Waals surface area contributed by atoms with Gasteiger partial charge in [-0.05, 0) is 49.2 Å². The summed E-state index contributed by atoms with van der Waals surface area (Å²) >= 11 is 6.11. The molecule has 0 fully saturated rings. The van der Waals surface area contributed by atoms with Gasteiger partial charge in [-0.25, -0.2) is 4.98 Å². The average molecular weight is 456 g/mol. The number of benzene rings is 2. The first-order valence-corrected chi connectivity index (χ1v) is 11.0. The van der Waals surface area contributed by atoms with E-state index in [9.17, 15) is 14.4 Å². The third-order valence-corrected chi connectivity index (χ3v) is 5.12. The Hall–Kier alpha value is -3.19. The normalized spacial score (nSPS) is 10.8. The molecule has 1 aromatic heterocycles. The van der Waals surface area contributed by atoms with Gasteiger partial charge in [0, 0.05) is 23.6 Å². The molecule has 8 heteroatoms. The number of carbonyl (C=O) groups is 2. The summed E-state index contributed by atoms with van der Waals surface area (Å²) in [6.07, 6.45) is 1.52. The summed E-state index contributed by atoms with van der Waals surface area (Å²) in [6, 6.07) is 12.4. The molecule has 0 unspecified atom stereocenters. The van der Waals surface area contributed by atoms with Crippen molar-refractivity contribution in [1.82, 2.24) is 9.55 Å². The first-order valence-electron chi connectivity index (χ1n) is 10.6. The molecular formula is C24H26ClN3O4. The van der Waals surface area contributed by atoms with E-state index in [1.165, 1.54) is 0 Å². The maximum absolute atomic E-state index is 13.4. The number of carbonyl (C=O) groups excluding carboxylic acids is 2. The number of nitrogens with zero attached hydrogens (tertiary/aromatic N) is 2. The number of hydrogen-bond donors (Lipinski definition) is 1. The molecule has 0 aliphatic heterocycles. The highest BCUT2D eigenvalue weighted by Gasteiger charge is 2.13. The molecule has 2 aromatic carbocycles. The van der Waals surface area contributed by atoms with Crippen molar-refractivity contribution in [3.8, 4) is 0 Å². The van der Waals surface area contributed by atoms with E-state index in [1.54, 1.807) is 35.8 Å². The molecule has 0 aliphatic carbocycles. The van der Waals surface area contributed by atoms with Crippen molar-refractivity contribution in [3.63, 3.8) is 0 Å². The van der Waals surface area contributed by atoms with Gasteiger partial charge in [0.1, 0.15) is 5.82 Å². The molecule has 32 heavy (non-hydrogen) atoms. The number of ether oxygens (including phenoxy) is 1. The molecule has 0 saturated carbocycles. The van der Waals surface area contributed by atoms with Gasteiger partial charge in [0.25, 0.3) is 5.56 Å². The van der Waals surface area contributed by atoms with Crippen molar-refractivity contribution in [2.75, 3.05) is 11.9 Å². The zero-order chi connectivity index (χ0) is 23.1. The second-order valence-electron chi connectivity index (χ2n) is 7.38. The van der Waals surface area contributed by atoms with Crippen molar-refractivity contribution < 1.29 is 14.3 Å². The fraction of sp³-hybridized carbons (Fsp3) is 0.333. The Kier molecular flexibility index (Phi) is 8.00. The summed E-state index contributed by atoms with van der Waals surface area (Å²) in [4.78, 5) is 41.7. The van der Waals surface area contributed by atoms with Crippen LogP contribution in [0.2, 0.25) is 5.02 Å². The molecule has 168 valence electrons. The first-order chi connectivity index (χ1) is 15.4. The minimum Gasteiger partial charge on any atom is -0.466 e. The van der Waals surface area contributed by atoms with Gasteiger partial charge in [-0.2, -0.15) is 0 Å². The minimum atomic E-state index is -0.419. The Bertz CT molecular complexity index is 1190. The standard InChI is InChI=1S/C24H26ClN3O4/c1-3-6-21-27-20-10-9-18(26-22(29)11-12-23(30)32-4-2)14-19(20)24(31)28(21)15-16-7-5-8-17(25)13-16/h5,7-10,13-14H,3-4,6,11-12,15H2,1-2H3,(H,26,29). The Morgan fingerprint density at radius 3 is 2.66 bits per heavy atom. The van der Waals surface area contributed by atoms with Crippen LogP contribution in [-0.4, -0.2) is 28.0 Å². The molecule has 0 saturated heterocycles. The van der Waals surface area contributed by atoms with Gasteiger partial charge in [0.05, 0.1) is 30.5 Å². The van der Waals surface area contributed by atoms with E-state index in [0.717, 1.165) is 12.0 Å². The number of nitrogens with one attached hydrogen (secondary N) is 1. The third-order valence-electron chi connectivity index (χ3n) is 4.88. The lowest BCUT2D eigenvalue weighted by atomic mass is 10.1. The largest absolute Gasteiger partial charge is 0.466 e. The predicted molar refractivity (Wildman–Crippen MR) is 125 cm³/mol. The fourth-order valence-corrected chi connectivity index (χ4v) is 3.63. The van der Waals surface area contributed by atoms with E-state index in [0.29, 0.717) is 40.4 Å². The lowest BCUT2D eigenvalue weighted by Crippen LogP contribution is -2.26. The summed E-state index contributed by atoms with van der Waals surface area (Å²) in [5, 5.41) is 3.75. The van der Waals surface area contributed by atoms with Gasteiger partial charge in [0.2, 0.25) is 5.91 Å². The van der Waals surface area contributed by atoms with Gasteiger partial charge in [-0.1, -0.05) is 30.7 Å². The molecule has 0 radical (unpaired) electrons. The van der Waals surface area contributed by atoms with Crippen molar-refractivity contribution in [2.45, 2.75) is 46.1 Å². The summed E-state index contributed by atoms with van der Waals surface area (Å²) in [5.41, 5.74) is 1.77. The van der Waals surface area contributed by atoms with E-state index >= 15 is 0 Å². The second-order valence-corrected chi connectivity index (χ2v) is 7.82. The number of esters is 1. The van der Waals surface area contributed by atoms with Gasteiger partial charge >= 0.3 is 5.97 Å². The number of hydrogen-bond acceptors (Lipinski definition) is 5. The van der Waals surface area contributed by atoms with Crippen LogP contribution in [0.1, 0.15) is 44.5 Å². The molecular weight excluding hydrogens is 430 g/mol. The predicted octanol–water partition coefficient (Wildman–Crippen LogP) is 4.33. The monoisotopic (exact) mass is 455 g/mol. The Morgan fingerprint density at radius 1 is 1.12 bits per heavy atom. The summed E-state index contributed by atoms with van der Waals surface area (Å²) in [7, 11) is 0. The fourth-order valence-electron chi connectivity index (χ4n) is 3.41. The highest BCUT2D eigenvalue weighted by molar-refractivity contribution is 6.30. The third kappa shape index (κ3) is 5.95. The van der Waals surface area contributed by atoms with E-state index in [4.69, 9.17) is 21.3 Å². The minimum absolute atomic E-state index is 0.00162. The number of aryl methyl sites for hydroxylation is 1. The van der Waals surface area contributed by atoms with Crippen LogP contribution < -0.4 is 10.9 Å². The molecule has 3 aromatic rings. The summed E-state index contributed by atoms with van der Waals surface area (Å²) in [6.45, 7) is 4.38. The van der Waals surface area contributed by atoms with Crippen LogP contribution >= 0.6 is 11.6 Å². The van der Waals surface area contributed by atoms with Crippen LogP contribution in [0, 0.1) is 0 Å². The number of halogens is 1. The average Bonchev–Trinajstić information content (AvgIpc) is 2.76. The topological polar surface area (TPSA) is 90.3 Å². The van der Waals surface area contributed by atoms with Crippen molar-refractivity contribution in [3.05, 3.63) is 69.2 Å². The first kappa shape index (κ1) is 23.5. The van der Waals surface area contributed by atoms with Crippen LogP contribution in [0.3, 0.4) is 0 Å². The van der Waals surface area contributed by atoms with Crippen LogP contribution in [0.4, 0.5) is 5.69 Å². The van der Waals surface area contributed by atoms with Gasteiger partial charge in [-0.15, -0.1) is 0 Å². The van der Waals surface area contributed by atoms with E-state index in [2.05, 4.69) is 5.32 Å². The smallest absolute Gasteiger partial charge is 0.306 e. The van der Waals surface area contributed by atoms with E-state index < -0.39 is 5.97 Å². The van der Waals surface area contributed by atoms with Crippen molar-refractivity contribution in [1.29, 1.82) is 0 Å². The number of aromatic nitrogens is 2. The second kappa shape index (κ2) is 10.9. The molecule has 0 spiro atoms. The molecule has 0 aliphatic rings. The highest BCUT2D eigenvalue weighted by Crippen LogP contribution is 2.18. The lowest BCUT2D eigenvalue weighted by Gasteiger charge is -2.14. The van der Waals surface area contributed by atoms with E-state index in [-0.39, 0.29) is 30.9 Å². The SMILES string of the molecule is CCCc1nc2ccc(NC(=O)CCC(=O)OCC)cc2c(=O)n1Cc1cccc(Cl)c1. The van der Waals surface area contributed by atoms with Gasteiger partial charge in [0.15, 0.2) is 0 Å². The number of fused-ring (bicyclic) bond motifs is 1. The molecule has 1 amide bonds. The molecule has 3 rings (SSSR count). The maximum atomic E-state index is 13.4. The summed E-state index contributed by atoms with van der Waals surface area (Å²) < 4.78 is 6.49. The molecule has 7 nitrogen and oxygen atoms in total. The van der Waals surface area contributed by atoms with Crippen LogP contribution in [-0.2, 0) is 27.3 Å². The van der Waals surface area contributed by atoms with Gasteiger partial charge in [-0.3, -0.25) is 19.0 Å². The van der Waals surface area contributed by atoms with Crippen molar-refractivity contribution >= 4 is 40.1 Å². The van der Waals surface area contributed by atoms with Crippen LogP contribution in [0.5, 0.6) is 0 Å². The molecule has 1 heterocycles. The summed E-state index contributed by atoms with van der Waals surface area (Å²) in [5.74, 6) is -0.0406. The lowest BCUT2D eigenvalue weighted by molar-refractivity contribution is -0.144. The van der Waals surface area contributed by atoms with Crippen molar-refractivity contribution in [2.24, 2.45) is 0 Å². The maximum Gasteiger partial charge on any atom is 0.306 e. The zero-order valence-electron chi connectivity index (χ0n) is 18.2. The number of anilines is 1. The van der Waals surface area contributed by atoms with Crippen LogP contribution in [0.25, 0.3) is 10.9 Å². The quantitative estimate of drug-likeness (QED) is 0.485. The van der Waals surface area contributed by atoms with Crippen LogP contribution in [0.15, 0.2) is 47.3 Å². The molecule has 0 bridgehead atoms. The van der Waals surface area contributed by atoms with E-state index in [1.807, 2.05) is 25.1 Å². The molecule has 0 atom stereocenters. The zero-order valence-corrected chi connectivity index (χ0v) is 18.9. The Balaban J connectivity index is 1.89. The van der Waals surface area contributed by atoms with Gasteiger partial charge < -0.3 is 10.1 Å². The molecule has 1 N–H and O–H groups in total. The highest BCUT2D eigenvalue weighted by atomic mass is 35.5. The Morgan fingerprint density at radius 2 is 1.94 bits per heavy atom.